The Hall–Kier alpha value is -2.38. The van der Waals surface area contributed by atoms with Crippen molar-refractivity contribution < 1.29 is 13.7 Å². The minimum absolute atomic E-state index is 0.220. The molecule has 140 valence electrons. The first kappa shape index (κ1) is 18.0. The van der Waals surface area contributed by atoms with Gasteiger partial charge in [0.25, 0.3) is 0 Å². The molecule has 0 bridgehead atoms. The largest absolute Gasteiger partial charge is 0.310 e. The molecule has 3 aromatic rings. The van der Waals surface area contributed by atoms with E-state index in [0.717, 1.165) is 23.5 Å². The molecular weight excluding hydrogens is 366 g/mol. The standard InChI is InChI=1S/C20H20F2N4S/c1-24-19(15-4-8-17(22)9-5-15)23-26(20(24)27)13-25(18-10-11-18)12-14-2-6-16(21)7-3-14/h2-9,18H,10-13H2,1H3/p+1. The van der Waals surface area contributed by atoms with Gasteiger partial charge >= 0.3 is 0 Å². The van der Waals surface area contributed by atoms with Gasteiger partial charge in [-0.25, -0.2) is 8.78 Å². The highest BCUT2D eigenvalue weighted by molar-refractivity contribution is 7.71. The summed E-state index contributed by atoms with van der Waals surface area (Å²) in [6, 6.07) is 13.5. The Balaban J connectivity index is 1.58. The predicted octanol–water partition coefficient (Wildman–Crippen LogP) is 3.10. The van der Waals surface area contributed by atoms with Crippen LogP contribution in [0.25, 0.3) is 11.4 Å². The molecule has 27 heavy (non-hydrogen) atoms. The van der Waals surface area contributed by atoms with Gasteiger partial charge in [0.05, 0.1) is 6.04 Å². The monoisotopic (exact) mass is 387 g/mol. The van der Waals surface area contributed by atoms with Crippen LogP contribution in [0.3, 0.4) is 0 Å². The highest BCUT2D eigenvalue weighted by atomic mass is 32.1. The van der Waals surface area contributed by atoms with E-state index in [1.165, 1.54) is 42.0 Å². The number of hydrogen-bond donors (Lipinski definition) is 1. The zero-order valence-corrected chi connectivity index (χ0v) is 15.8. The average Bonchev–Trinajstić information content (AvgIpc) is 3.47. The molecule has 1 fully saturated rings. The fourth-order valence-corrected chi connectivity index (χ4v) is 3.51. The Labute approximate surface area is 161 Å². The van der Waals surface area contributed by atoms with Crippen LogP contribution in [0.4, 0.5) is 8.78 Å². The van der Waals surface area contributed by atoms with Gasteiger partial charge in [-0.2, -0.15) is 4.68 Å². The Bertz CT molecular complexity index is 988. The number of quaternary nitrogens is 1. The van der Waals surface area contributed by atoms with Crippen molar-refractivity contribution in [2.45, 2.75) is 32.1 Å². The normalized spacial score (nSPS) is 15.1. The molecule has 0 saturated heterocycles. The minimum Gasteiger partial charge on any atom is -0.310 e. The number of hydrogen-bond acceptors (Lipinski definition) is 2. The Morgan fingerprint density at radius 2 is 1.63 bits per heavy atom. The van der Waals surface area contributed by atoms with Crippen molar-refractivity contribution >= 4 is 12.2 Å². The number of nitrogens with one attached hydrogen (secondary N) is 1. The summed E-state index contributed by atoms with van der Waals surface area (Å²) in [6.45, 7) is 1.45. The molecule has 4 rings (SSSR count). The number of nitrogens with zero attached hydrogens (tertiary/aromatic N) is 3. The average molecular weight is 387 g/mol. The second-order valence-electron chi connectivity index (χ2n) is 7.07. The number of rotatable bonds is 6. The van der Waals surface area contributed by atoms with Crippen molar-refractivity contribution in [2.24, 2.45) is 7.05 Å². The molecular formula is C20H21F2N4S+. The molecule has 1 saturated carbocycles. The summed E-state index contributed by atoms with van der Waals surface area (Å²) >= 11 is 5.57. The van der Waals surface area contributed by atoms with E-state index in [9.17, 15) is 8.78 Å². The maximum atomic E-state index is 13.2. The Morgan fingerprint density at radius 3 is 2.22 bits per heavy atom. The van der Waals surface area contributed by atoms with Crippen molar-refractivity contribution in [2.75, 3.05) is 0 Å². The SMILES string of the molecule is Cn1c(-c2ccc(F)cc2)nn(C[NH+](Cc2ccc(F)cc2)C2CC2)c1=S. The van der Waals surface area contributed by atoms with Gasteiger partial charge in [0.15, 0.2) is 12.5 Å². The summed E-state index contributed by atoms with van der Waals surface area (Å²) in [5.74, 6) is 0.225. The highest BCUT2D eigenvalue weighted by Gasteiger charge is 2.34. The first-order valence-electron chi connectivity index (χ1n) is 9.00. The third kappa shape index (κ3) is 3.99. The van der Waals surface area contributed by atoms with Crippen molar-refractivity contribution in [1.29, 1.82) is 0 Å². The first-order chi connectivity index (χ1) is 13.0. The second kappa shape index (κ2) is 7.32. The maximum absolute atomic E-state index is 13.2. The molecule has 4 nitrogen and oxygen atoms in total. The van der Waals surface area contributed by atoms with Crippen LogP contribution in [0.1, 0.15) is 18.4 Å². The maximum Gasteiger partial charge on any atom is 0.202 e. The van der Waals surface area contributed by atoms with Gasteiger partial charge in [0.2, 0.25) is 4.77 Å². The third-order valence-corrected chi connectivity index (χ3v) is 5.48. The van der Waals surface area contributed by atoms with Crippen LogP contribution < -0.4 is 4.90 Å². The van der Waals surface area contributed by atoms with Crippen LogP contribution >= 0.6 is 12.2 Å². The molecule has 1 atom stereocenters. The molecule has 1 N–H and O–H groups in total. The fraction of sp³-hybridized carbons (Fsp3) is 0.300. The van der Waals surface area contributed by atoms with Gasteiger partial charge < -0.3 is 9.47 Å². The molecule has 0 aliphatic heterocycles. The van der Waals surface area contributed by atoms with Crippen LogP contribution in [0, 0.1) is 16.4 Å². The van der Waals surface area contributed by atoms with Crippen LogP contribution in [-0.2, 0) is 20.3 Å². The van der Waals surface area contributed by atoms with Crippen LogP contribution in [0.15, 0.2) is 48.5 Å². The number of benzene rings is 2. The number of halogens is 2. The van der Waals surface area contributed by atoms with E-state index < -0.39 is 0 Å². The van der Waals surface area contributed by atoms with E-state index in [1.54, 1.807) is 12.1 Å². The van der Waals surface area contributed by atoms with Crippen LogP contribution in [0.2, 0.25) is 0 Å². The topological polar surface area (TPSA) is 27.2 Å². The molecule has 0 spiro atoms. The smallest absolute Gasteiger partial charge is 0.202 e. The summed E-state index contributed by atoms with van der Waals surface area (Å²) in [6.07, 6.45) is 2.36. The van der Waals surface area contributed by atoms with E-state index in [4.69, 9.17) is 12.2 Å². The Morgan fingerprint density at radius 1 is 1.04 bits per heavy atom. The van der Waals surface area contributed by atoms with Crippen molar-refractivity contribution in [3.63, 3.8) is 0 Å². The molecule has 7 heteroatoms. The number of aromatic nitrogens is 3. The summed E-state index contributed by atoms with van der Waals surface area (Å²) in [7, 11) is 1.88. The summed E-state index contributed by atoms with van der Waals surface area (Å²) in [5.41, 5.74) is 1.93. The van der Waals surface area contributed by atoms with Gasteiger partial charge in [-0.15, -0.1) is 5.10 Å². The van der Waals surface area contributed by atoms with E-state index >= 15 is 0 Å². The van der Waals surface area contributed by atoms with E-state index in [-0.39, 0.29) is 11.6 Å². The molecule has 1 unspecified atom stereocenters. The van der Waals surface area contributed by atoms with E-state index in [0.29, 0.717) is 17.5 Å². The molecule has 0 radical (unpaired) electrons. The third-order valence-electron chi connectivity index (χ3n) is 5.00. The van der Waals surface area contributed by atoms with Gasteiger partial charge in [0, 0.05) is 31.0 Å². The van der Waals surface area contributed by atoms with Gasteiger partial charge in [-0.05, 0) is 48.6 Å². The summed E-state index contributed by atoms with van der Waals surface area (Å²) < 4.78 is 30.7. The highest BCUT2D eigenvalue weighted by Crippen LogP contribution is 2.19. The second-order valence-corrected chi connectivity index (χ2v) is 7.43. The molecule has 1 aliphatic rings. The molecule has 0 amide bonds. The predicted molar refractivity (Wildman–Crippen MR) is 102 cm³/mol. The Kier molecular flexibility index (Phi) is 4.88. The zero-order chi connectivity index (χ0) is 19.0. The summed E-state index contributed by atoms with van der Waals surface area (Å²) in [4.78, 5) is 1.36. The van der Waals surface area contributed by atoms with E-state index in [1.807, 2.05) is 28.4 Å². The summed E-state index contributed by atoms with van der Waals surface area (Å²) in [5, 5.41) is 4.69. The molecule has 1 heterocycles. The zero-order valence-electron chi connectivity index (χ0n) is 15.0. The molecule has 1 aliphatic carbocycles. The quantitative estimate of drug-likeness (QED) is 0.658. The van der Waals surface area contributed by atoms with Crippen LogP contribution in [-0.4, -0.2) is 20.4 Å². The minimum atomic E-state index is -0.275. The van der Waals surface area contributed by atoms with Gasteiger partial charge in [-0.1, -0.05) is 12.1 Å². The lowest BCUT2D eigenvalue weighted by molar-refractivity contribution is -0.947. The van der Waals surface area contributed by atoms with Gasteiger partial charge in [-0.3, -0.25) is 0 Å². The van der Waals surface area contributed by atoms with Crippen molar-refractivity contribution in [3.05, 3.63) is 70.5 Å². The molecule has 2 aromatic carbocycles. The lowest BCUT2D eigenvalue weighted by atomic mass is 10.2. The van der Waals surface area contributed by atoms with Gasteiger partial charge in [0.1, 0.15) is 18.2 Å². The first-order valence-corrected chi connectivity index (χ1v) is 9.41. The molecule has 1 aromatic heterocycles. The van der Waals surface area contributed by atoms with Crippen molar-refractivity contribution in [3.8, 4) is 11.4 Å². The van der Waals surface area contributed by atoms with E-state index in [2.05, 4.69) is 5.10 Å². The lowest BCUT2D eigenvalue weighted by Crippen LogP contribution is -3.11. The van der Waals surface area contributed by atoms with Crippen molar-refractivity contribution in [1.82, 2.24) is 14.3 Å². The fourth-order valence-electron chi connectivity index (χ4n) is 3.32. The van der Waals surface area contributed by atoms with Crippen LogP contribution in [0.5, 0.6) is 0 Å². The lowest BCUT2D eigenvalue weighted by Gasteiger charge is -2.19.